The second-order valence-corrected chi connectivity index (χ2v) is 11.6. The van der Waals surface area contributed by atoms with Gasteiger partial charge in [0.15, 0.2) is 0 Å². The molecule has 204 valence electrons. The van der Waals surface area contributed by atoms with E-state index in [9.17, 15) is 5.11 Å². The number of fused-ring (bicyclic) bond motifs is 3. The van der Waals surface area contributed by atoms with Gasteiger partial charge in [0.2, 0.25) is 0 Å². The van der Waals surface area contributed by atoms with E-state index in [0.29, 0.717) is 11.6 Å². The zero-order chi connectivity index (χ0) is 27.5. The topological polar surface area (TPSA) is 95.8 Å². The monoisotopic (exact) mass is 527 g/mol. The quantitative estimate of drug-likeness (QED) is 0.321. The molecule has 4 aromatic heterocycles. The van der Waals surface area contributed by atoms with Crippen LogP contribution in [0.15, 0.2) is 42.6 Å². The predicted octanol–water partition coefficient (Wildman–Crippen LogP) is 5.31. The van der Waals surface area contributed by atoms with Gasteiger partial charge in [0.05, 0.1) is 28.5 Å². The van der Waals surface area contributed by atoms with Crippen LogP contribution in [-0.2, 0) is 17.4 Å². The van der Waals surface area contributed by atoms with E-state index in [1.165, 1.54) is 5.56 Å². The summed E-state index contributed by atoms with van der Waals surface area (Å²) in [4.78, 5) is 5.07. The lowest BCUT2D eigenvalue weighted by molar-refractivity contribution is 0.0547. The van der Waals surface area contributed by atoms with Gasteiger partial charge in [-0.3, -0.25) is 9.67 Å². The highest BCUT2D eigenvalue weighted by Gasteiger charge is 2.36. The van der Waals surface area contributed by atoms with Crippen molar-refractivity contribution in [3.05, 3.63) is 59.5 Å². The average molecular weight is 528 g/mol. The number of benzene rings is 1. The fourth-order valence-corrected chi connectivity index (χ4v) is 6.19. The third kappa shape index (κ3) is 4.24. The molecule has 1 fully saturated rings. The summed E-state index contributed by atoms with van der Waals surface area (Å²) in [6.07, 6.45) is 3.81. The maximum Gasteiger partial charge on any atom is 0.118 e. The smallest absolute Gasteiger partial charge is 0.118 e. The predicted molar refractivity (Wildman–Crippen MR) is 152 cm³/mol. The Morgan fingerprint density at radius 1 is 1.08 bits per heavy atom. The van der Waals surface area contributed by atoms with Gasteiger partial charge in [-0.1, -0.05) is 35.5 Å². The third-order valence-electron chi connectivity index (χ3n) is 7.95. The molecule has 5 heterocycles. The van der Waals surface area contributed by atoms with E-state index in [-0.39, 0.29) is 12.1 Å². The van der Waals surface area contributed by atoms with Gasteiger partial charge in [-0.15, -0.1) is 5.10 Å². The van der Waals surface area contributed by atoms with Gasteiger partial charge in [0.25, 0.3) is 0 Å². The number of hydrogen-bond acceptors (Lipinski definition) is 6. The van der Waals surface area contributed by atoms with Crippen LogP contribution in [0, 0.1) is 12.8 Å². The van der Waals surface area contributed by atoms with E-state index in [4.69, 9.17) is 14.8 Å². The second kappa shape index (κ2) is 9.57. The largest absolute Gasteiger partial charge is 0.384 e. The van der Waals surface area contributed by atoms with Crippen molar-refractivity contribution in [1.82, 2.24) is 34.3 Å². The highest BCUT2D eigenvalue weighted by Crippen LogP contribution is 2.44. The van der Waals surface area contributed by atoms with Gasteiger partial charge in [0, 0.05) is 38.1 Å². The summed E-state index contributed by atoms with van der Waals surface area (Å²) in [5.41, 5.74) is 7.30. The van der Waals surface area contributed by atoms with Gasteiger partial charge < -0.3 is 14.4 Å². The summed E-state index contributed by atoms with van der Waals surface area (Å²) in [7, 11) is 1.91. The number of aryl methyl sites for hydroxylation is 2. The maximum absolute atomic E-state index is 11.4. The van der Waals surface area contributed by atoms with Crippen LogP contribution in [0.4, 0.5) is 0 Å². The van der Waals surface area contributed by atoms with E-state index in [1.54, 1.807) is 4.68 Å². The number of ether oxygens (including phenoxy) is 1. The Labute approximate surface area is 228 Å². The molecule has 1 aliphatic rings. The number of pyridine rings is 1. The molecule has 6 rings (SSSR count). The van der Waals surface area contributed by atoms with Crippen molar-refractivity contribution >= 4 is 22.1 Å². The first-order valence-electron chi connectivity index (χ1n) is 13.8. The second-order valence-electron chi connectivity index (χ2n) is 11.6. The molecule has 0 aliphatic carbocycles. The summed E-state index contributed by atoms with van der Waals surface area (Å²) in [5, 5.41) is 25.0. The Hall–Kier alpha value is -3.56. The van der Waals surface area contributed by atoms with Crippen LogP contribution in [0.3, 0.4) is 0 Å². The fourth-order valence-electron chi connectivity index (χ4n) is 6.19. The van der Waals surface area contributed by atoms with Crippen LogP contribution in [0.2, 0.25) is 0 Å². The van der Waals surface area contributed by atoms with Crippen molar-refractivity contribution in [2.75, 3.05) is 13.2 Å². The molecule has 0 saturated carbocycles. The molecule has 1 aliphatic heterocycles. The van der Waals surface area contributed by atoms with Crippen molar-refractivity contribution in [2.45, 2.75) is 65.1 Å². The molecule has 9 nitrogen and oxygen atoms in total. The normalized spacial score (nSPS) is 16.1. The molecule has 0 amide bonds. The van der Waals surface area contributed by atoms with Gasteiger partial charge in [-0.25, -0.2) is 4.68 Å². The number of aliphatic hydroxyl groups is 1. The zero-order valence-electron chi connectivity index (χ0n) is 23.6. The van der Waals surface area contributed by atoms with Crippen LogP contribution in [0.1, 0.15) is 69.6 Å². The van der Waals surface area contributed by atoms with E-state index >= 15 is 0 Å². The maximum atomic E-state index is 11.4. The van der Waals surface area contributed by atoms with E-state index in [0.717, 1.165) is 65.1 Å². The summed E-state index contributed by atoms with van der Waals surface area (Å²) < 4.78 is 12.0. The van der Waals surface area contributed by atoms with Crippen molar-refractivity contribution in [3.63, 3.8) is 0 Å². The Morgan fingerprint density at radius 3 is 2.41 bits per heavy atom. The third-order valence-corrected chi connectivity index (χ3v) is 7.95. The number of rotatable bonds is 6. The zero-order valence-corrected chi connectivity index (χ0v) is 23.6. The SMILES string of the molecule is Cc1nnn(C)c1-c1cnc2c3c(c(C(C)(C)O)nn3C(C)C)n(C(c3ccccc3)C3CCOCC3)c2c1. The summed E-state index contributed by atoms with van der Waals surface area (Å²) in [6, 6.07) is 13.0. The average Bonchev–Trinajstić information content (AvgIpc) is 3.57. The summed E-state index contributed by atoms with van der Waals surface area (Å²) in [5.74, 6) is 0.348. The van der Waals surface area contributed by atoms with Gasteiger partial charge >= 0.3 is 0 Å². The molecule has 1 saturated heterocycles. The first kappa shape index (κ1) is 25.7. The van der Waals surface area contributed by atoms with E-state index < -0.39 is 5.60 Å². The number of hydrogen-bond donors (Lipinski definition) is 1. The molecule has 9 heteroatoms. The van der Waals surface area contributed by atoms with Crippen LogP contribution in [-0.4, -0.2) is 52.6 Å². The lowest BCUT2D eigenvalue weighted by Gasteiger charge is -2.33. The Bertz CT molecular complexity index is 1610. The lowest BCUT2D eigenvalue weighted by Crippen LogP contribution is -2.28. The highest BCUT2D eigenvalue weighted by atomic mass is 16.5. The Morgan fingerprint density at radius 2 is 1.79 bits per heavy atom. The Kier molecular flexibility index (Phi) is 6.31. The summed E-state index contributed by atoms with van der Waals surface area (Å²) in [6.45, 7) is 11.3. The van der Waals surface area contributed by atoms with Crippen LogP contribution >= 0.6 is 0 Å². The molecular weight excluding hydrogens is 490 g/mol. The minimum atomic E-state index is -1.15. The molecule has 0 bridgehead atoms. The molecule has 1 aromatic carbocycles. The minimum absolute atomic E-state index is 0.0174. The first-order chi connectivity index (χ1) is 18.7. The van der Waals surface area contributed by atoms with Crippen LogP contribution in [0.25, 0.3) is 33.3 Å². The molecule has 1 N–H and O–H groups in total. The van der Waals surface area contributed by atoms with Crippen LogP contribution < -0.4 is 0 Å². The molecule has 0 radical (unpaired) electrons. The van der Waals surface area contributed by atoms with E-state index in [2.05, 4.69) is 65.1 Å². The van der Waals surface area contributed by atoms with Crippen molar-refractivity contribution in [3.8, 4) is 11.3 Å². The van der Waals surface area contributed by atoms with Gasteiger partial charge in [0.1, 0.15) is 22.3 Å². The molecular formula is C30H37N7O2. The molecule has 1 unspecified atom stereocenters. The van der Waals surface area contributed by atoms with Gasteiger partial charge in [-0.05, 0) is 65.0 Å². The lowest BCUT2D eigenvalue weighted by atomic mass is 9.86. The van der Waals surface area contributed by atoms with Gasteiger partial charge in [-0.2, -0.15) is 5.10 Å². The minimum Gasteiger partial charge on any atom is -0.384 e. The van der Waals surface area contributed by atoms with E-state index in [1.807, 2.05) is 38.7 Å². The Balaban J connectivity index is 1.76. The number of nitrogens with zero attached hydrogens (tertiary/aromatic N) is 7. The molecule has 0 spiro atoms. The van der Waals surface area contributed by atoms with Crippen LogP contribution in [0.5, 0.6) is 0 Å². The van der Waals surface area contributed by atoms with Crippen molar-refractivity contribution in [2.24, 2.45) is 13.0 Å². The first-order valence-corrected chi connectivity index (χ1v) is 13.8. The fraction of sp³-hybridized carbons (Fsp3) is 0.467. The standard InChI is InChI=1S/C30H37N7O2/c1-18(2)37-27-24-23(16-22(17-31-24)25-19(3)32-34-35(25)6)36(28(27)29(33-37)30(4,5)38)26(20-10-8-7-9-11-20)21-12-14-39-15-13-21/h7-11,16-18,21,26,38H,12-15H2,1-6H3. The molecule has 1 atom stereocenters. The highest BCUT2D eigenvalue weighted by molar-refractivity contribution is 6.06. The van der Waals surface area contributed by atoms with Crippen molar-refractivity contribution < 1.29 is 9.84 Å². The molecule has 39 heavy (non-hydrogen) atoms. The summed E-state index contributed by atoms with van der Waals surface area (Å²) >= 11 is 0. The van der Waals surface area contributed by atoms with Crippen molar-refractivity contribution in [1.29, 1.82) is 0 Å². The number of aromatic nitrogens is 7. The molecule has 5 aromatic rings.